The summed E-state index contributed by atoms with van der Waals surface area (Å²) < 4.78 is 0. The molecule has 0 fully saturated rings. The summed E-state index contributed by atoms with van der Waals surface area (Å²) >= 11 is 0. The molecule has 0 rings (SSSR count). The van der Waals surface area contributed by atoms with Crippen molar-refractivity contribution in [1.82, 2.24) is 0 Å². The van der Waals surface area contributed by atoms with Crippen LogP contribution in [0, 0.1) is 0 Å². The molecule has 0 amide bonds. The number of hydrogen-bond acceptors (Lipinski definition) is 1. The van der Waals surface area contributed by atoms with Crippen molar-refractivity contribution in [2.24, 2.45) is 5.73 Å². The molecule has 0 saturated carbocycles. The van der Waals surface area contributed by atoms with E-state index in [1.165, 1.54) is 0 Å². The predicted molar refractivity (Wildman–Crippen MR) is 26.5 cm³/mol. The van der Waals surface area contributed by atoms with Gasteiger partial charge in [0.15, 0.2) is 0 Å². The standard InChI is InChI=1S/C3H9N.Li.H/c1-2-3-4;;/h2-4H2,1H3;;. The molecule has 1 nitrogen and oxygen atoms in total. The first kappa shape index (κ1) is 9.12. The Morgan fingerprint density at radius 1 is 1.60 bits per heavy atom. The molecule has 0 spiro atoms. The van der Waals surface area contributed by atoms with E-state index in [4.69, 9.17) is 5.73 Å². The predicted octanol–water partition coefficient (Wildman–Crippen LogP) is -0.293. The van der Waals surface area contributed by atoms with E-state index < -0.39 is 0 Å². The van der Waals surface area contributed by atoms with Crippen LogP contribution in [0.2, 0.25) is 0 Å². The molecular weight excluding hydrogens is 57.0 g/mol. The second kappa shape index (κ2) is 8.82. The topological polar surface area (TPSA) is 26.0 Å². The monoisotopic (exact) mass is 67.1 g/mol. The van der Waals surface area contributed by atoms with E-state index in [1.54, 1.807) is 0 Å². The second-order valence-electron chi connectivity index (χ2n) is 0.789. The molecule has 0 aromatic rings. The Balaban J connectivity index is 0. The molecule has 0 heterocycles. The Labute approximate surface area is 45.1 Å². The summed E-state index contributed by atoms with van der Waals surface area (Å²) in [4.78, 5) is 0. The van der Waals surface area contributed by atoms with E-state index in [1.807, 2.05) is 0 Å². The van der Waals surface area contributed by atoms with Gasteiger partial charge in [0.2, 0.25) is 0 Å². The van der Waals surface area contributed by atoms with Gasteiger partial charge < -0.3 is 5.73 Å². The molecule has 2 N–H and O–H groups in total. The maximum absolute atomic E-state index is 5.03. The van der Waals surface area contributed by atoms with Crippen LogP contribution in [-0.4, -0.2) is 25.4 Å². The van der Waals surface area contributed by atoms with Crippen LogP contribution in [0.3, 0.4) is 0 Å². The fourth-order valence-corrected chi connectivity index (χ4v) is 0. The fourth-order valence-electron chi connectivity index (χ4n) is 0. The van der Waals surface area contributed by atoms with Gasteiger partial charge in [0, 0.05) is 0 Å². The van der Waals surface area contributed by atoms with Gasteiger partial charge in [-0.15, -0.1) is 0 Å². The summed E-state index contributed by atoms with van der Waals surface area (Å²) in [6.07, 6.45) is 1.10. The minimum atomic E-state index is 0. The van der Waals surface area contributed by atoms with Gasteiger partial charge >= 0.3 is 18.9 Å². The third-order valence-electron chi connectivity index (χ3n) is 0.289. The maximum atomic E-state index is 5.03. The minimum absolute atomic E-state index is 0. The van der Waals surface area contributed by atoms with Crippen molar-refractivity contribution in [3.63, 3.8) is 0 Å². The molecule has 0 radical (unpaired) electrons. The van der Waals surface area contributed by atoms with Gasteiger partial charge in [-0.25, -0.2) is 0 Å². The molecule has 2 heteroatoms. The molecule has 0 bridgehead atoms. The van der Waals surface area contributed by atoms with E-state index in [2.05, 4.69) is 6.92 Å². The van der Waals surface area contributed by atoms with Crippen LogP contribution in [0.15, 0.2) is 0 Å². The van der Waals surface area contributed by atoms with Crippen molar-refractivity contribution < 1.29 is 0 Å². The Kier molecular flexibility index (Phi) is 16.1. The summed E-state index contributed by atoms with van der Waals surface area (Å²) in [5, 5.41) is 0. The zero-order valence-corrected chi connectivity index (χ0v) is 2.99. The summed E-state index contributed by atoms with van der Waals surface area (Å²) in [7, 11) is 0. The molecular formula is C3H10LiN. The number of hydrogen-bond donors (Lipinski definition) is 1. The van der Waals surface area contributed by atoms with Crippen LogP contribution in [0.5, 0.6) is 0 Å². The van der Waals surface area contributed by atoms with Crippen LogP contribution >= 0.6 is 0 Å². The van der Waals surface area contributed by atoms with Gasteiger partial charge in [0.1, 0.15) is 0 Å². The van der Waals surface area contributed by atoms with Crippen LogP contribution in [0.25, 0.3) is 0 Å². The Morgan fingerprint density at radius 3 is 1.80 bits per heavy atom. The molecule has 0 aromatic carbocycles. The van der Waals surface area contributed by atoms with E-state index in [0.29, 0.717) is 0 Å². The van der Waals surface area contributed by atoms with Crippen molar-refractivity contribution in [3.8, 4) is 0 Å². The Hall–Kier alpha value is 0.557. The zero-order valence-electron chi connectivity index (χ0n) is 2.99. The SMILES string of the molecule is CCCN.[LiH]. The van der Waals surface area contributed by atoms with Gasteiger partial charge in [-0.2, -0.15) is 0 Å². The average Bonchev–Trinajstić information content (AvgIpc) is 1.37. The molecule has 0 aliphatic rings. The quantitative estimate of drug-likeness (QED) is 0.419. The summed E-state index contributed by atoms with van der Waals surface area (Å²) in [5.74, 6) is 0. The summed E-state index contributed by atoms with van der Waals surface area (Å²) in [5.41, 5.74) is 5.03. The van der Waals surface area contributed by atoms with Gasteiger partial charge in [0.25, 0.3) is 0 Å². The normalized spacial score (nSPS) is 6.00. The van der Waals surface area contributed by atoms with Crippen LogP contribution in [0.1, 0.15) is 13.3 Å². The van der Waals surface area contributed by atoms with Crippen molar-refractivity contribution in [3.05, 3.63) is 0 Å². The summed E-state index contributed by atoms with van der Waals surface area (Å²) in [6, 6.07) is 0. The van der Waals surface area contributed by atoms with Gasteiger partial charge in [0.05, 0.1) is 0 Å². The third-order valence-corrected chi connectivity index (χ3v) is 0.289. The van der Waals surface area contributed by atoms with E-state index in [-0.39, 0.29) is 18.9 Å². The molecule has 0 aliphatic carbocycles. The van der Waals surface area contributed by atoms with Crippen molar-refractivity contribution in [2.75, 3.05) is 6.54 Å². The van der Waals surface area contributed by atoms with Gasteiger partial charge in [-0.05, 0) is 13.0 Å². The fraction of sp³-hybridized carbons (Fsp3) is 1.00. The van der Waals surface area contributed by atoms with E-state index in [0.717, 1.165) is 13.0 Å². The van der Waals surface area contributed by atoms with Crippen LogP contribution < -0.4 is 5.73 Å². The molecule has 0 aromatic heterocycles. The average molecular weight is 67.1 g/mol. The van der Waals surface area contributed by atoms with Crippen molar-refractivity contribution in [2.45, 2.75) is 13.3 Å². The number of rotatable bonds is 1. The first-order chi connectivity index (χ1) is 1.91. The van der Waals surface area contributed by atoms with Gasteiger partial charge in [-0.3, -0.25) is 0 Å². The first-order valence-electron chi connectivity index (χ1n) is 1.62. The second-order valence-corrected chi connectivity index (χ2v) is 0.789. The Bertz CT molecular complexity index is 8.85. The number of nitrogens with two attached hydrogens (primary N) is 1. The van der Waals surface area contributed by atoms with Crippen molar-refractivity contribution >= 4 is 18.9 Å². The molecule has 0 saturated heterocycles. The van der Waals surface area contributed by atoms with Gasteiger partial charge in [-0.1, -0.05) is 6.92 Å². The van der Waals surface area contributed by atoms with E-state index in [9.17, 15) is 0 Å². The third kappa shape index (κ3) is 12.3. The molecule has 0 aliphatic heterocycles. The van der Waals surface area contributed by atoms with Crippen LogP contribution in [0.4, 0.5) is 0 Å². The van der Waals surface area contributed by atoms with E-state index >= 15 is 0 Å². The Morgan fingerprint density at radius 2 is 1.80 bits per heavy atom. The first-order valence-corrected chi connectivity index (χ1v) is 1.62. The molecule has 0 unspecified atom stereocenters. The molecule has 5 heavy (non-hydrogen) atoms. The molecule has 28 valence electrons. The van der Waals surface area contributed by atoms with Crippen molar-refractivity contribution in [1.29, 1.82) is 0 Å². The van der Waals surface area contributed by atoms with Crippen LogP contribution in [-0.2, 0) is 0 Å². The molecule has 0 atom stereocenters. The summed E-state index contributed by atoms with van der Waals surface area (Å²) in [6.45, 7) is 2.88. The zero-order chi connectivity index (χ0) is 3.41.